The molecular weight excluding hydrogens is 440 g/mol. The van der Waals surface area contributed by atoms with Crippen molar-refractivity contribution in [2.45, 2.75) is 19.4 Å². The molecule has 1 aliphatic rings. The predicted molar refractivity (Wildman–Crippen MR) is 120 cm³/mol. The van der Waals surface area contributed by atoms with E-state index in [9.17, 15) is 13.2 Å². The predicted octanol–water partition coefficient (Wildman–Crippen LogP) is 2.13. The number of fused-ring (bicyclic) bond motifs is 1. The Bertz CT molecular complexity index is 1220. The minimum atomic E-state index is -3.13. The third kappa shape index (κ3) is 5.20. The van der Waals surface area contributed by atoms with Crippen LogP contribution in [0, 0.1) is 5.92 Å². The van der Waals surface area contributed by atoms with Gasteiger partial charge in [-0.1, -0.05) is 22.9 Å². The van der Waals surface area contributed by atoms with E-state index in [4.69, 9.17) is 11.6 Å². The summed E-state index contributed by atoms with van der Waals surface area (Å²) in [5.74, 6) is 0.254. The third-order valence-corrected chi connectivity index (χ3v) is 6.50. The van der Waals surface area contributed by atoms with Gasteiger partial charge in [0.2, 0.25) is 5.91 Å². The highest BCUT2D eigenvalue weighted by Gasteiger charge is 2.21. The highest BCUT2D eigenvalue weighted by molar-refractivity contribution is 7.90. The molecule has 1 aromatic carbocycles. The van der Waals surface area contributed by atoms with E-state index >= 15 is 0 Å². The average Bonchev–Trinajstić information content (AvgIpc) is 3.16. The second-order valence-electron chi connectivity index (χ2n) is 7.73. The molecule has 4 rings (SSSR count). The first kappa shape index (κ1) is 21.7. The summed E-state index contributed by atoms with van der Waals surface area (Å²) in [5.41, 5.74) is 2.85. The molecule has 2 aromatic heterocycles. The van der Waals surface area contributed by atoms with Crippen LogP contribution in [-0.4, -0.2) is 59.4 Å². The number of rotatable bonds is 6. The Morgan fingerprint density at radius 3 is 2.94 bits per heavy atom. The van der Waals surface area contributed by atoms with E-state index < -0.39 is 9.84 Å². The van der Waals surface area contributed by atoms with Crippen LogP contribution in [0.4, 0.5) is 5.82 Å². The van der Waals surface area contributed by atoms with Gasteiger partial charge in [-0.05, 0) is 43.1 Å². The maximum atomic E-state index is 12.5. The van der Waals surface area contributed by atoms with Crippen LogP contribution < -0.4 is 10.6 Å². The molecule has 164 valence electrons. The third-order valence-electron chi connectivity index (χ3n) is 5.27. The fraction of sp³-hybridized carbons (Fsp3) is 0.400. The van der Waals surface area contributed by atoms with Crippen molar-refractivity contribution < 1.29 is 13.2 Å². The molecule has 0 saturated carbocycles. The van der Waals surface area contributed by atoms with Crippen LogP contribution in [0.2, 0.25) is 5.02 Å². The van der Waals surface area contributed by atoms with Gasteiger partial charge in [-0.15, -0.1) is 5.10 Å². The smallest absolute Gasteiger partial charge is 0.229 e. The van der Waals surface area contributed by atoms with E-state index in [1.165, 1.54) is 12.5 Å². The Morgan fingerprint density at radius 2 is 2.19 bits per heavy atom. The van der Waals surface area contributed by atoms with E-state index in [2.05, 4.69) is 25.9 Å². The number of carbonyl (C=O) groups excluding carboxylic acids is 1. The molecule has 1 fully saturated rings. The van der Waals surface area contributed by atoms with E-state index in [-0.39, 0.29) is 24.1 Å². The highest BCUT2D eigenvalue weighted by Crippen LogP contribution is 2.31. The number of halogens is 1. The maximum Gasteiger partial charge on any atom is 0.229 e. The number of sulfone groups is 1. The Morgan fingerprint density at radius 1 is 1.35 bits per heavy atom. The molecule has 9 nitrogen and oxygen atoms in total. The highest BCUT2D eigenvalue weighted by atomic mass is 35.5. The molecular formula is C20H23ClN6O3S. The number of carbonyl (C=O) groups is 1. The minimum Gasteiger partial charge on any atom is -0.316 e. The fourth-order valence-electron chi connectivity index (χ4n) is 3.58. The monoisotopic (exact) mass is 462 g/mol. The van der Waals surface area contributed by atoms with Crippen molar-refractivity contribution >= 4 is 44.2 Å². The van der Waals surface area contributed by atoms with Crippen LogP contribution in [0.1, 0.15) is 12.8 Å². The van der Waals surface area contributed by atoms with Crippen LogP contribution in [-0.2, 0) is 21.2 Å². The van der Waals surface area contributed by atoms with Crippen molar-refractivity contribution in [1.29, 1.82) is 0 Å². The zero-order chi connectivity index (χ0) is 22.0. The molecule has 1 atom stereocenters. The molecule has 1 saturated heterocycles. The summed E-state index contributed by atoms with van der Waals surface area (Å²) >= 11 is 6.40. The molecule has 0 unspecified atom stereocenters. The van der Waals surface area contributed by atoms with E-state index in [1.54, 1.807) is 16.8 Å². The van der Waals surface area contributed by atoms with Gasteiger partial charge < -0.3 is 10.6 Å². The number of nitrogens with one attached hydrogen (secondary N) is 2. The Hall–Kier alpha value is -2.56. The molecule has 2 N–H and O–H groups in total. The number of nitrogens with zero attached hydrogens (tertiary/aromatic N) is 4. The zero-order valence-corrected chi connectivity index (χ0v) is 18.6. The van der Waals surface area contributed by atoms with Crippen molar-refractivity contribution in [3.8, 4) is 11.1 Å². The number of pyridine rings is 1. The number of hydrogen-bond acceptors (Lipinski definition) is 7. The van der Waals surface area contributed by atoms with Gasteiger partial charge in [0, 0.05) is 24.6 Å². The first-order valence-electron chi connectivity index (χ1n) is 9.98. The van der Waals surface area contributed by atoms with Crippen LogP contribution in [0.5, 0.6) is 0 Å². The van der Waals surface area contributed by atoms with E-state index in [0.717, 1.165) is 24.9 Å². The molecule has 0 radical (unpaired) electrons. The van der Waals surface area contributed by atoms with Gasteiger partial charge in [0.15, 0.2) is 0 Å². The van der Waals surface area contributed by atoms with Gasteiger partial charge >= 0.3 is 0 Å². The SMILES string of the molecule is CS(=O)(=O)CCn1nnc2ccc(-c3cc(NC(=O)[C@@H]4CCCNC4)ncc3Cl)cc21. The summed E-state index contributed by atoms with van der Waals surface area (Å²) in [4.78, 5) is 16.8. The standard InChI is InChI=1S/C20H23ClN6O3S/c1-31(29,30)8-7-27-18-9-13(4-5-17(18)25-26-27)15-10-19(23-12-16(15)21)24-20(28)14-3-2-6-22-11-14/h4-5,9-10,12,14,22H,2-3,6-8,11H2,1H3,(H,23,24,28)/t14-/m1/s1. The van der Waals surface area contributed by atoms with Gasteiger partial charge in [-0.2, -0.15) is 0 Å². The summed E-state index contributed by atoms with van der Waals surface area (Å²) in [5, 5.41) is 14.7. The van der Waals surface area contributed by atoms with Crippen molar-refractivity contribution in [3.63, 3.8) is 0 Å². The number of benzene rings is 1. The topological polar surface area (TPSA) is 119 Å². The molecule has 0 spiro atoms. The Kier molecular flexibility index (Phi) is 6.22. The van der Waals surface area contributed by atoms with Gasteiger partial charge in [0.1, 0.15) is 21.2 Å². The first-order valence-corrected chi connectivity index (χ1v) is 12.4. The average molecular weight is 463 g/mol. The Balaban J connectivity index is 1.61. The van der Waals surface area contributed by atoms with Gasteiger partial charge in [-0.25, -0.2) is 18.1 Å². The summed E-state index contributed by atoms with van der Waals surface area (Å²) in [6.07, 6.45) is 4.52. The largest absolute Gasteiger partial charge is 0.316 e. The van der Waals surface area contributed by atoms with E-state index in [1.807, 2.05) is 12.1 Å². The van der Waals surface area contributed by atoms with Crippen molar-refractivity contribution in [3.05, 3.63) is 35.5 Å². The molecule has 3 aromatic rings. The van der Waals surface area contributed by atoms with Crippen LogP contribution in [0.25, 0.3) is 22.2 Å². The summed E-state index contributed by atoms with van der Waals surface area (Å²) in [7, 11) is -3.13. The molecule has 1 aliphatic heterocycles. The number of piperidine rings is 1. The number of hydrogen-bond donors (Lipinski definition) is 2. The van der Waals surface area contributed by atoms with Crippen LogP contribution in [0.3, 0.4) is 0 Å². The van der Waals surface area contributed by atoms with Crippen molar-refractivity contribution in [1.82, 2.24) is 25.3 Å². The number of anilines is 1. The lowest BCUT2D eigenvalue weighted by molar-refractivity contribution is -0.120. The maximum absolute atomic E-state index is 12.5. The lowest BCUT2D eigenvalue weighted by atomic mass is 9.99. The normalized spacial score (nSPS) is 17.0. The van der Waals surface area contributed by atoms with Crippen LogP contribution >= 0.6 is 11.6 Å². The second kappa shape index (κ2) is 8.89. The lowest BCUT2D eigenvalue weighted by Crippen LogP contribution is -2.37. The molecule has 3 heterocycles. The molecule has 11 heteroatoms. The van der Waals surface area contributed by atoms with Gasteiger partial charge in [-0.3, -0.25) is 4.79 Å². The van der Waals surface area contributed by atoms with Gasteiger partial charge in [0.25, 0.3) is 0 Å². The van der Waals surface area contributed by atoms with Gasteiger partial charge in [0.05, 0.1) is 28.8 Å². The Labute approximate surface area is 185 Å². The molecule has 1 amide bonds. The molecule has 0 aliphatic carbocycles. The number of amides is 1. The number of aryl methyl sites for hydroxylation is 1. The van der Waals surface area contributed by atoms with E-state index in [0.29, 0.717) is 34.0 Å². The minimum absolute atomic E-state index is 0.0299. The summed E-state index contributed by atoms with van der Waals surface area (Å²) < 4.78 is 24.6. The quantitative estimate of drug-likeness (QED) is 0.575. The summed E-state index contributed by atoms with van der Waals surface area (Å²) in [6, 6.07) is 7.25. The van der Waals surface area contributed by atoms with Crippen LogP contribution in [0.15, 0.2) is 30.5 Å². The molecule has 0 bridgehead atoms. The zero-order valence-electron chi connectivity index (χ0n) is 17.0. The van der Waals surface area contributed by atoms with Crippen molar-refractivity contribution in [2.24, 2.45) is 5.92 Å². The molecule has 31 heavy (non-hydrogen) atoms. The number of aromatic nitrogens is 4. The summed E-state index contributed by atoms with van der Waals surface area (Å²) in [6.45, 7) is 1.80. The fourth-order valence-corrected chi connectivity index (χ4v) is 4.30. The second-order valence-corrected chi connectivity index (χ2v) is 10.4. The van der Waals surface area contributed by atoms with Crippen molar-refractivity contribution in [2.75, 3.05) is 30.4 Å². The first-order chi connectivity index (χ1) is 14.8. The lowest BCUT2D eigenvalue weighted by Gasteiger charge is -2.21.